The number of hydrogen-bond acceptors (Lipinski definition) is 8. The first kappa shape index (κ1) is 24.7. The molecule has 2 aromatic heterocycles. The Morgan fingerprint density at radius 3 is 2.76 bits per heavy atom. The molecule has 2 fully saturated rings. The highest BCUT2D eigenvalue weighted by atomic mass is 19.1. The average molecular weight is 507 g/mol. The zero-order valence-corrected chi connectivity index (χ0v) is 20.7. The number of benzene rings is 1. The van der Waals surface area contributed by atoms with Crippen LogP contribution in [-0.4, -0.2) is 66.2 Å². The first-order valence-corrected chi connectivity index (χ1v) is 12.4. The minimum absolute atomic E-state index is 0.0827. The number of morpholine rings is 1. The van der Waals surface area contributed by atoms with Crippen LogP contribution >= 0.6 is 0 Å². The second-order valence-electron chi connectivity index (χ2n) is 9.56. The first-order valence-electron chi connectivity index (χ1n) is 12.4. The van der Waals surface area contributed by atoms with Crippen LogP contribution in [-0.2, 0) is 14.9 Å². The maximum Gasteiger partial charge on any atom is 0.228 e. The Kier molecular flexibility index (Phi) is 6.79. The summed E-state index contributed by atoms with van der Waals surface area (Å²) in [6, 6.07) is 10.2. The van der Waals surface area contributed by atoms with Crippen molar-refractivity contribution in [2.45, 2.75) is 31.2 Å². The zero-order valence-electron chi connectivity index (χ0n) is 20.7. The van der Waals surface area contributed by atoms with Crippen molar-refractivity contribution in [2.75, 3.05) is 48.0 Å². The molecular weight excluding hydrogens is 475 g/mol. The van der Waals surface area contributed by atoms with E-state index in [1.54, 1.807) is 18.3 Å². The Morgan fingerprint density at radius 1 is 1.30 bits per heavy atom. The fourth-order valence-corrected chi connectivity index (χ4v) is 5.31. The van der Waals surface area contributed by atoms with E-state index in [9.17, 15) is 9.18 Å². The van der Waals surface area contributed by atoms with E-state index in [2.05, 4.69) is 32.2 Å². The van der Waals surface area contributed by atoms with Gasteiger partial charge in [-0.25, -0.2) is 9.37 Å². The number of nitrogens with zero attached hydrogens (tertiary/aromatic N) is 4. The van der Waals surface area contributed by atoms with Gasteiger partial charge >= 0.3 is 0 Å². The molecule has 0 aliphatic carbocycles. The molecule has 2 saturated heterocycles. The molecule has 11 heteroatoms. The number of nitrogens with two attached hydrogens (primary N) is 1. The van der Waals surface area contributed by atoms with E-state index >= 15 is 0 Å². The molecule has 1 aromatic carbocycles. The van der Waals surface area contributed by atoms with Crippen LogP contribution < -0.4 is 20.9 Å². The number of aromatic amines is 1. The topological polar surface area (TPSA) is 136 Å². The fraction of sp³-hybridized carbons (Fsp3) is 0.385. The Hall–Kier alpha value is -3.99. The minimum atomic E-state index is -1.02. The molecule has 5 N–H and O–H groups in total. The van der Waals surface area contributed by atoms with Gasteiger partial charge in [0, 0.05) is 43.2 Å². The molecule has 0 bridgehead atoms. The largest absolute Gasteiger partial charge is 0.377 e. The maximum absolute atomic E-state index is 13.9. The molecular formula is C26H31FN8O2. The van der Waals surface area contributed by atoms with Crippen LogP contribution in [0.5, 0.6) is 0 Å². The highest BCUT2D eigenvalue weighted by molar-refractivity contribution is 5.95. The van der Waals surface area contributed by atoms with Crippen molar-refractivity contribution in [2.24, 2.45) is 5.73 Å². The van der Waals surface area contributed by atoms with E-state index in [-0.39, 0.29) is 11.9 Å². The van der Waals surface area contributed by atoms with Crippen LogP contribution in [0.4, 0.5) is 27.5 Å². The third-order valence-corrected chi connectivity index (χ3v) is 7.38. The monoisotopic (exact) mass is 506 g/mol. The van der Waals surface area contributed by atoms with E-state index in [1.807, 2.05) is 12.1 Å². The highest BCUT2D eigenvalue weighted by Crippen LogP contribution is 2.41. The Labute approximate surface area is 214 Å². The summed E-state index contributed by atoms with van der Waals surface area (Å²) in [4.78, 5) is 22.3. The molecule has 1 atom stereocenters. The number of hydrogen-bond donors (Lipinski definition) is 4. The molecule has 2 aliphatic heterocycles. The number of anilines is 4. The number of rotatable bonds is 7. The lowest BCUT2D eigenvalue weighted by Crippen LogP contribution is -2.51. The number of aromatic nitrogens is 3. The number of pyridine rings is 1. The van der Waals surface area contributed by atoms with Crippen molar-refractivity contribution in [3.8, 4) is 0 Å². The number of halogens is 1. The molecule has 3 aromatic rings. The van der Waals surface area contributed by atoms with E-state index < -0.39 is 11.3 Å². The lowest BCUT2D eigenvalue weighted by atomic mass is 9.70. The van der Waals surface area contributed by atoms with E-state index in [0.717, 1.165) is 5.69 Å². The van der Waals surface area contributed by atoms with E-state index in [1.165, 1.54) is 18.3 Å². The van der Waals surface area contributed by atoms with Gasteiger partial charge in [0.25, 0.3) is 0 Å². The molecule has 37 heavy (non-hydrogen) atoms. The van der Waals surface area contributed by atoms with Crippen LogP contribution in [0.2, 0.25) is 0 Å². The molecule has 10 nitrogen and oxygen atoms in total. The van der Waals surface area contributed by atoms with Crippen LogP contribution in [0.3, 0.4) is 0 Å². The molecule has 1 amide bonds. The summed E-state index contributed by atoms with van der Waals surface area (Å²) in [7, 11) is 0. The highest BCUT2D eigenvalue weighted by Gasteiger charge is 2.44. The SMILES string of the molecule is C[C@@H]1COCCN1c1cc(C2(C(N)=O)CCN(c3cccc(F)c3)CC2)c(C=N)c(Nc2ccn[nH]2)n1. The maximum atomic E-state index is 13.9. The number of carbonyl (C=O) groups excluding carboxylic acids is 1. The predicted octanol–water partition coefficient (Wildman–Crippen LogP) is 2.93. The Morgan fingerprint density at radius 2 is 2.11 bits per heavy atom. The molecule has 194 valence electrons. The van der Waals surface area contributed by atoms with Crippen molar-refractivity contribution < 1.29 is 13.9 Å². The number of nitrogens with one attached hydrogen (secondary N) is 3. The van der Waals surface area contributed by atoms with Gasteiger partial charge in [0.2, 0.25) is 5.91 Å². The molecule has 0 unspecified atom stereocenters. The summed E-state index contributed by atoms with van der Waals surface area (Å²) in [6.45, 7) is 4.88. The summed E-state index contributed by atoms with van der Waals surface area (Å²) in [5.74, 6) is 0.991. The van der Waals surface area contributed by atoms with Crippen molar-refractivity contribution in [3.63, 3.8) is 0 Å². The van der Waals surface area contributed by atoms with Gasteiger partial charge in [-0.2, -0.15) is 5.10 Å². The van der Waals surface area contributed by atoms with Gasteiger partial charge in [0.05, 0.1) is 30.9 Å². The van der Waals surface area contributed by atoms with Gasteiger partial charge in [-0.3, -0.25) is 9.89 Å². The fourth-order valence-electron chi connectivity index (χ4n) is 5.31. The van der Waals surface area contributed by atoms with Gasteiger partial charge in [0.15, 0.2) is 0 Å². The van der Waals surface area contributed by atoms with Crippen molar-refractivity contribution in [1.29, 1.82) is 5.41 Å². The standard InChI is InChI=1S/C26H31FN8O2/c1-17-16-37-12-11-35(17)23-14-21(20(15-28)24(32-23)31-22-5-8-30-33-22)26(25(29)36)6-9-34(10-7-26)19-4-2-3-18(27)13-19/h2-5,8,13-15,17,28H,6-7,9-12,16H2,1H3,(H2,29,36)(H2,30,31,32,33)/t17-/m1/s1. The molecule has 0 saturated carbocycles. The second-order valence-corrected chi connectivity index (χ2v) is 9.56. The summed E-state index contributed by atoms with van der Waals surface area (Å²) >= 11 is 0. The van der Waals surface area contributed by atoms with Crippen molar-refractivity contribution in [3.05, 3.63) is 59.5 Å². The van der Waals surface area contributed by atoms with E-state index in [0.29, 0.717) is 74.3 Å². The third-order valence-electron chi connectivity index (χ3n) is 7.38. The number of amides is 1. The number of primary amides is 1. The molecule has 5 rings (SSSR count). The van der Waals surface area contributed by atoms with Gasteiger partial charge in [-0.05, 0) is 49.6 Å². The first-order chi connectivity index (χ1) is 17.9. The number of H-pyrrole nitrogens is 1. The second kappa shape index (κ2) is 10.2. The van der Waals surface area contributed by atoms with Crippen molar-refractivity contribution in [1.82, 2.24) is 15.2 Å². The smallest absolute Gasteiger partial charge is 0.228 e. The Balaban J connectivity index is 1.58. The lowest BCUT2D eigenvalue weighted by Gasteiger charge is -2.42. The van der Waals surface area contributed by atoms with Gasteiger partial charge in [0.1, 0.15) is 23.3 Å². The molecule has 2 aliphatic rings. The summed E-state index contributed by atoms with van der Waals surface area (Å²) in [6.07, 6.45) is 3.68. The summed E-state index contributed by atoms with van der Waals surface area (Å²) in [5, 5.41) is 18.4. The Bertz CT molecular complexity index is 1270. The number of piperidine rings is 1. The zero-order chi connectivity index (χ0) is 26.0. The van der Waals surface area contributed by atoms with E-state index in [4.69, 9.17) is 20.9 Å². The number of ether oxygens (including phenoxy) is 1. The van der Waals surface area contributed by atoms with Gasteiger partial charge in [-0.1, -0.05) is 6.07 Å². The quantitative estimate of drug-likeness (QED) is 0.362. The van der Waals surface area contributed by atoms with Crippen LogP contribution in [0.25, 0.3) is 0 Å². The van der Waals surface area contributed by atoms with Gasteiger partial charge < -0.3 is 31.0 Å². The van der Waals surface area contributed by atoms with Crippen LogP contribution in [0, 0.1) is 11.2 Å². The minimum Gasteiger partial charge on any atom is -0.377 e. The van der Waals surface area contributed by atoms with Crippen molar-refractivity contribution >= 4 is 35.3 Å². The van der Waals surface area contributed by atoms with Crippen LogP contribution in [0.15, 0.2) is 42.6 Å². The van der Waals surface area contributed by atoms with Crippen LogP contribution in [0.1, 0.15) is 30.9 Å². The molecule has 0 spiro atoms. The predicted molar refractivity (Wildman–Crippen MR) is 140 cm³/mol. The number of carbonyl (C=O) groups is 1. The molecule has 4 heterocycles. The summed E-state index contributed by atoms with van der Waals surface area (Å²) < 4.78 is 19.5. The lowest BCUT2D eigenvalue weighted by molar-refractivity contribution is -0.124. The third kappa shape index (κ3) is 4.74. The summed E-state index contributed by atoms with van der Waals surface area (Å²) in [5.41, 5.74) is 7.04. The average Bonchev–Trinajstić information content (AvgIpc) is 3.41. The normalized spacial score (nSPS) is 19.5. The molecule has 0 radical (unpaired) electrons. The van der Waals surface area contributed by atoms with Gasteiger partial charge in [-0.15, -0.1) is 0 Å².